The normalized spacial score (nSPS) is 22.0. The third-order valence-electron chi connectivity index (χ3n) is 4.63. The summed E-state index contributed by atoms with van der Waals surface area (Å²) in [5.41, 5.74) is 1.88. The van der Waals surface area contributed by atoms with E-state index in [0.29, 0.717) is 11.7 Å². The highest BCUT2D eigenvalue weighted by Crippen LogP contribution is 2.32. The third kappa shape index (κ3) is 2.88. The summed E-state index contributed by atoms with van der Waals surface area (Å²) in [5.74, 6) is 1.83. The van der Waals surface area contributed by atoms with Gasteiger partial charge in [0, 0.05) is 0 Å². The third-order valence-corrected chi connectivity index (χ3v) is 4.63. The van der Waals surface area contributed by atoms with Gasteiger partial charge in [-0.2, -0.15) is 5.26 Å². The monoisotopic (exact) mass is 279 g/mol. The van der Waals surface area contributed by atoms with Gasteiger partial charge in [-0.05, 0) is 73.1 Å². The van der Waals surface area contributed by atoms with Gasteiger partial charge in [0.2, 0.25) is 0 Å². The highest BCUT2D eigenvalue weighted by molar-refractivity contribution is 5.88. The molecule has 0 aromatic heterocycles. The molecule has 0 unspecified atom stereocenters. The number of rotatable bonds is 2. The molecule has 1 aliphatic rings. The van der Waals surface area contributed by atoms with Gasteiger partial charge in [-0.15, -0.1) is 0 Å². The van der Waals surface area contributed by atoms with Gasteiger partial charge in [0.1, 0.15) is 5.75 Å². The summed E-state index contributed by atoms with van der Waals surface area (Å²) in [4.78, 5) is 0. The largest absolute Gasteiger partial charge is 0.490 e. The van der Waals surface area contributed by atoms with Crippen LogP contribution < -0.4 is 4.74 Å². The van der Waals surface area contributed by atoms with Crippen molar-refractivity contribution in [3.8, 4) is 11.8 Å². The molecule has 2 aromatic carbocycles. The van der Waals surface area contributed by atoms with E-state index in [2.05, 4.69) is 32.0 Å². The Labute approximate surface area is 126 Å². The predicted octanol–water partition coefficient (Wildman–Crippen LogP) is 4.98. The molecule has 0 saturated heterocycles. The first-order valence-electron chi connectivity index (χ1n) is 7.77. The second-order valence-corrected chi connectivity index (χ2v) is 6.24. The Morgan fingerprint density at radius 2 is 1.86 bits per heavy atom. The first-order chi connectivity index (χ1) is 10.2. The van der Waals surface area contributed by atoms with Crippen LogP contribution in [-0.2, 0) is 0 Å². The maximum atomic E-state index is 8.98. The van der Waals surface area contributed by atoms with E-state index in [4.69, 9.17) is 10.00 Å². The molecule has 0 amide bonds. The number of ether oxygens (including phenoxy) is 1. The van der Waals surface area contributed by atoms with E-state index in [1.165, 1.54) is 23.8 Å². The molecule has 1 fully saturated rings. The van der Waals surface area contributed by atoms with E-state index < -0.39 is 0 Å². The first kappa shape index (κ1) is 13.9. The Balaban J connectivity index is 1.86. The molecule has 1 saturated carbocycles. The quantitative estimate of drug-likeness (QED) is 0.777. The molecular weight excluding hydrogens is 258 g/mol. The number of aryl methyl sites for hydroxylation is 1. The van der Waals surface area contributed by atoms with Crippen LogP contribution >= 0.6 is 0 Å². The van der Waals surface area contributed by atoms with Gasteiger partial charge < -0.3 is 4.74 Å². The van der Waals surface area contributed by atoms with Gasteiger partial charge in [-0.25, -0.2) is 0 Å². The zero-order valence-corrected chi connectivity index (χ0v) is 12.7. The average Bonchev–Trinajstić information content (AvgIpc) is 2.52. The Hall–Kier alpha value is -2.01. The molecule has 0 heterocycles. The molecular formula is C19H21NO. The molecule has 0 spiro atoms. The Morgan fingerprint density at radius 3 is 2.57 bits per heavy atom. The lowest BCUT2D eigenvalue weighted by atomic mass is 9.89. The lowest BCUT2D eigenvalue weighted by Gasteiger charge is -2.27. The second kappa shape index (κ2) is 5.77. The Morgan fingerprint density at radius 1 is 1.10 bits per heavy atom. The van der Waals surface area contributed by atoms with E-state index >= 15 is 0 Å². The van der Waals surface area contributed by atoms with Crippen molar-refractivity contribution in [3.63, 3.8) is 0 Å². The number of benzene rings is 2. The molecule has 108 valence electrons. The molecule has 0 radical (unpaired) electrons. The van der Waals surface area contributed by atoms with E-state index in [9.17, 15) is 0 Å². The molecule has 0 aliphatic heterocycles. The van der Waals surface area contributed by atoms with Crippen LogP contribution in [0.4, 0.5) is 0 Å². The summed E-state index contributed by atoms with van der Waals surface area (Å²) in [6.07, 6.45) is 5.21. The fraction of sp³-hybridized carbons (Fsp3) is 0.421. The van der Waals surface area contributed by atoms with Crippen molar-refractivity contribution in [2.24, 2.45) is 5.92 Å². The minimum atomic E-state index is 0.357. The van der Waals surface area contributed by atoms with Gasteiger partial charge in [0.25, 0.3) is 0 Å². The minimum absolute atomic E-state index is 0.357. The molecule has 2 nitrogen and oxygen atoms in total. The van der Waals surface area contributed by atoms with Crippen molar-refractivity contribution in [2.45, 2.75) is 45.6 Å². The fourth-order valence-electron chi connectivity index (χ4n) is 3.19. The van der Waals surface area contributed by atoms with Crippen LogP contribution in [-0.4, -0.2) is 6.10 Å². The van der Waals surface area contributed by atoms with Gasteiger partial charge >= 0.3 is 0 Å². The van der Waals surface area contributed by atoms with Crippen LogP contribution in [0.5, 0.6) is 5.75 Å². The molecule has 3 rings (SSSR count). The lowest BCUT2D eigenvalue weighted by molar-refractivity contribution is 0.135. The summed E-state index contributed by atoms with van der Waals surface area (Å²) in [6.45, 7) is 4.43. The van der Waals surface area contributed by atoms with Crippen molar-refractivity contribution < 1.29 is 4.74 Å². The van der Waals surface area contributed by atoms with Gasteiger partial charge in [-0.3, -0.25) is 0 Å². The van der Waals surface area contributed by atoms with Gasteiger partial charge in [-0.1, -0.05) is 19.1 Å². The fourth-order valence-corrected chi connectivity index (χ4v) is 3.19. The van der Waals surface area contributed by atoms with Crippen LogP contribution in [0, 0.1) is 24.2 Å². The summed E-state index contributed by atoms with van der Waals surface area (Å²) < 4.78 is 6.23. The summed E-state index contributed by atoms with van der Waals surface area (Å²) >= 11 is 0. The number of fused-ring (bicyclic) bond motifs is 1. The van der Waals surface area contributed by atoms with Crippen molar-refractivity contribution >= 4 is 10.8 Å². The van der Waals surface area contributed by atoms with Crippen LogP contribution in [0.25, 0.3) is 10.8 Å². The standard InChI is InChI=1S/C19H21NO/c1-13-3-7-17(8-4-13)21-19-10-6-16-11-15(12-20)5-9-18(16)14(19)2/h5-6,9-11,13,17H,3-4,7-8H2,1-2H3. The van der Waals surface area contributed by atoms with E-state index in [1.54, 1.807) is 0 Å². The van der Waals surface area contributed by atoms with Crippen LogP contribution in [0.2, 0.25) is 0 Å². The summed E-state index contributed by atoms with van der Waals surface area (Å²) in [7, 11) is 0. The average molecular weight is 279 g/mol. The molecule has 0 bridgehead atoms. The zero-order chi connectivity index (χ0) is 14.8. The smallest absolute Gasteiger partial charge is 0.123 e. The SMILES string of the molecule is Cc1c(OC2CCC(C)CC2)ccc2cc(C#N)ccc12. The van der Waals surface area contributed by atoms with E-state index in [-0.39, 0.29) is 0 Å². The minimum Gasteiger partial charge on any atom is -0.490 e. The van der Waals surface area contributed by atoms with Crippen molar-refractivity contribution in [2.75, 3.05) is 0 Å². The highest BCUT2D eigenvalue weighted by Gasteiger charge is 2.20. The van der Waals surface area contributed by atoms with Crippen molar-refractivity contribution in [3.05, 3.63) is 41.5 Å². The summed E-state index contributed by atoms with van der Waals surface area (Å²) in [6, 6.07) is 12.1. The topological polar surface area (TPSA) is 33.0 Å². The number of nitrogens with zero attached hydrogens (tertiary/aromatic N) is 1. The molecule has 2 aromatic rings. The molecule has 0 N–H and O–H groups in total. The van der Waals surface area contributed by atoms with E-state index in [1.807, 2.05) is 18.2 Å². The summed E-state index contributed by atoms with van der Waals surface area (Å²) in [5, 5.41) is 11.3. The van der Waals surface area contributed by atoms with Crippen LogP contribution in [0.15, 0.2) is 30.3 Å². The second-order valence-electron chi connectivity index (χ2n) is 6.24. The Bertz CT molecular complexity index is 691. The molecule has 1 aliphatic carbocycles. The van der Waals surface area contributed by atoms with Crippen LogP contribution in [0.3, 0.4) is 0 Å². The zero-order valence-electron chi connectivity index (χ0n) is 12.7. The first-order valence-corrected chi connectivity index (χ1v) is 7.77. The number of hydrogen-bond acceptors (Lipinski definition) is 2. The Kier molecular flexibility index (Phi) is 3.84. The lowest BCUT2D eigenvalue weighted by Crippen LogP contribution is -2.23. The van der Waals surface area contributed by atoms with Crippen LogP contribution in [0.1, 0.15) is 43.7 Å². The van der Waals surface area contributed by atoms with Crippen molar-refractivity contribution in [1.29, 1.82) is 5.26 Å². The maximum absolute atomic E-state index is 8.98. The van der Waals surface area contributed by atoms with E-state index in [0.717, 1.165) is 29.9 Å². The molecule has 2 heteroatoms. The van der Waals surface area contributed by atoms with Gasteiger partial charge in [0.05, 0.1) is 17.7 Å². The number of hydrogen-bond donors (Lipinski definition) is 0. The predicted molar refractivity (Wildman–Crippen MR) is 85.4 cm³/mol. The van der Waals surface area contributed by atoms with Gasteiger partial charge in [0.15, 0.2) is 0 Å². The van der Waals surface area contributed by atoms with Crippen molar-refractivity contribution in [1.82, 2.24) is 0 Å². The highest BCUT2D eigenvalue weighted by atomic mass is 16.5. The maximum Gasteiger partial charge on any atom is 0.123 e. The molecule has 0 atom stereocenters. The number of nitriles is 1. The molecule has 21 heavy (non-hydrogen) atoms.